The van der Waals surface area contributed by atoms with Crippen molar-refractivity contribution in [2.45, 2.75) is 6.92 Å². The molecule has 0 saturated carbocycles. The normalized spacial score (nSPS) is 10.6. The highest BCUT2D eigenvalue weighted by molar-refractivity contribution is 6.30. The Kier molecular flexibility index (Phi) is 3.69. The van der Waals surface area contributed by atoms with Crippen LogP contribution < -0.4 is 5.32 Å². The van der Waals surface area contributed by atoms with Crippen LogP contribution in [0, 0.1) is 6.92 Å². The van der Waals surface area contributed by atoms with E-state index in [0.717, 1.165) is 5.69 Å². The lowest BCUT2D eigenvalue weighted by Crippen LogP contribution is -2.12. The summed E-state index contributed by atoms with van der Waals surface area (Å²) in [6, 6.07) is 13.6. The van der Waals surface area contributed by atoms with Crippen LogP contribution in [-0.4, -0.2) is 16.0 Å². The summed E-state index contributed by atoms with van der Waals surface area (Å²) in [4.78, 5) is 16.6. The average Bonchev–Trinajstić information content (AvgIpc) is 2.49. The number of pyridine rings is 1. The van der Waals surface area contributed by atoms with E-state index in [9.17, 15) is 9.90 Å². The van der Waals surface area contributed by atoms with Crippen molar-refractivity contribution in [1.29, 1.82) is 0 Å². The second kappa shape index (κ2) is 5.66. The summed E-state index contributed by atoms with van der Waals surface area (Å²) in [5.74, 6) is -0.459. The second-order valence-corrected chi connectivity index (χ2v) is 5.38. The first-order valence-electron chi connectivity index (χ1n) is 6.71. The molecule has 0 radical (unpaired) electrons. The lowest BCUT2D eigenvalue weighted by molar-refractivity contribution is 0.102. The van der Waals surface area contributed by atoms with E-state index < -0.39 is 0 Å². The predicted octanol–water partition coefficient (Wildman–Crippen LogP) is 4.15. The molecule has 0 spiro atoms. The Balaban J connectivity index is 1.95. The van der Waals surface area contributed by atoms with Crippen molar-refractivity contribution in [3.63, 3.8) is 0 Å². The van der Waals surface area contributed by atoms with Crippen LogP contribution >= 0.6 is 11.6 Å². The van der Waals surface area contributed by atoms with Crippen molar-refractivity contribution in [3.8, 4) is 5.75 Å². The third-order valence-corrected chi connectivity index (χ3v) is 3.58. The van der Waals surface area contributed by atoms with Crippen LogP contribution in [0.25, 0.3) is 10.9 Å². The number of phenolic OH excluding ortho intramolecular Hbond substituents is 1. The van der Waals surface area contributed by atoms with Crippen LogP contribution in [0.1, 0.15) is 16.1 Å². The van der Waals surface area contributed by atoms with Gasteiger partial charge in [0.15, 0.2) is 0 Å². The number of phenols is 1. The number of fused-ring (bicyclic) bond motifs is 1. The minimum atomic E-state index is -0.387. The number of carbonyl (C=O) groups is 1. The number of benzene rings is 2. The summed E-state index contributed by atoms with van der Waals surface area (Å²) in [5.41, 5.74) is 2.31. The first-order valence-corrected chi connectivity index (χ1v) is 7.08. The summed E-state index contributed by atoms with van der Waals surface area (Å²) < 4.78 is 0. The zero-order chi connectivity index (χ0) is 15.7. The monoisotopic (exact) mass is 312 g/mol. The number of anilines is 1. The van der Waals surface area contributed by atoms with Crippen LogP contribution in [-0.2, 0) is 0 Å². The third kappa shape index (κ3) is 2.73. The van der Waals surface area contributed by atoms with Crippen LogP contribution in [0.15, 0.2) is 48.5 Å². The number of nitrogens with zero attached hydrogens (tertiary/aromatic N) is 1. The van der Waals surface area contributed by atoms with Crippen LogP contribution in [0.3, 0.4) is 0 Å². The molecule has 110 valence electrons. The van der Waals surface area contributed by atoms with Gasteiger partial charge in [-0.25, -0.2) is 0 Å². The first kappa shape index (κ1) is 14.4. The van der Waals surface area contributed by atoms with Gasteiger partial charge in [-0.15, -0.1) is 0 Å². The molecule has 0 unspecified atom stereocenters. The van der Waals surface area contributed by atoms with Crippen molar-refractivity contribution in [2.24, 2.45) is 0 Å². The molecule has 0 aliphatic rings. The highest BCUT2D eigenvalue weighted by atomic mass is 35.5. The van der Waals surface area contributed by atoms with Crippen molar-refractivity contribution >= 4 is 34.1 Å². The second-order valence-electron chi connectivity index (χ2n) is 4.94. The number of halogens is 1. The summed E-state index contributed by atoms with van der Waals surface area (Å²) >= 11 is 5.81. The van der Waals surface area contributed by atoms with E-state index in [-0.39, 0.29) is 17.2 Å². The molecule has 2 N–H and O–H groups in total. The number of carbonyl (C=O) groups excluding carboxylic acids is 1. The van der Waals surface area contributed by atoms with E-state index in [1.807, 2.05) is 6.92 Å². The van der Waals surface area contributed by atoms with Gasteiger partial charge in [-0.3, -0.25) is 9.78 Å². The minimum absolute atomic E-state index is 0.0727. The molecule has 0 fully saturated rings. The van der Waals surface area contributed by atoms with Crippen molar-refractivity contribution in [3.05, 3.63) is 64.8 Å². The van der Waals surface area contributed by atoms with Gasteiger partial charge in [-0.2, -0.15) is 0 Å². The Hall–Kier alpha value is -2.59. The summed E-state index contributed by atoms with van der Waals surface area (Å²) in [7, 11) is 0. The van der Waals surface area contributed by atoms with E-state index >= 15 is 0 Å². The third-order valence-electron chi connectivity index (χ3n) is 3.33. The molecule has 4 nitrogen and oxygen atoms in total. The molecule has 0 saturated heterocycles. The van der Waals surface area contributed by atoms with E-state index in [4.69, 9.17) is 11.6 Å². The summed E-state index contributed by atoms with van der Waals surface area (Å²) in [5, 5.41) is 14.2. The van der Waals surface area contributed by atoms with E-state index in [1.165, 1.54) is 0 Å². The Morgan fingerprint density at radius 2 is 1.82 bits per heavy atom. The summed E-state index contributed by atoms with van der Waals surface area (Å²) in [6.45, 7) is 1.87. The fourth-order valence-corrected chi connectivity index (χ4v) is 2.33. The molecule has 0 aliphatic heterocycles. The molecule has 1 amide bonds. The Morgan fingerprint density at radius 3 is 2.55 bits per heavy atom. The predicted molar refractivity (Wildman–Crippen MR) is 87.6 cm³/mol. The number of aryl methyl sites for hydroxylation is 1. The molecule has 0 atom stereocenters. The van der Waals surface area contributed by atoms with Gasteiger partial charge in [-0.05, 0) is 55.5 Å². The fourth-order valence-electron chi connectivity index (χ4n) is 2.21. The minimum Gasteiger partial charge on any atom is -0.506 e. The molecule has 3 aromatic rings. The molecule has 2 aromatic carbocycles. The van der Waals surface area contributed by atoms with Crippen LogP contribution in [0.2, 0.25) is 5.02 Å². The van der Waals surface area contributed by atoms with Gasteiger partial charge in [0.05, 0.1) is 11.1 Å². The van der Waals surface area contributed by atoms with Crippen LogP contribution in [0.5, 0.6) is 5.75 Å². The maximum Gasteiger partial charge on any atom is 0.259 e. The fraction of sp³-hybridized carbons (Fsp3) is 0.0588. The largest absolute Gasteiger partial charge is 0.506 e. The molecular formula is C17H13ClN2O2. The van der Waals surface area contributed by atoms with Gasteiger partial charge in [-0.1, -0.05) is 11.6 Å². The zero-order valence-electron chi connectivity index (χ0n) is 11.8. The number of rotatable bonds is 2. The van der Waals surface area contributed by atoms with E-state index in [1.54, 1.807) is 48.5 Å². The van der Waals surface area contributed by atoms with E-state index in [0.29, 0.717) is 21.6 Å². The smallest absolute Gasteiger partial charge is 0.259 e. The number of hydrogen-bond donors (Lipinski definition) is 2. The van der Waals surface area contributed by atoms with Gasteiger partial charge in [0.25, 0.3) is 5.91 Å². The van der Waals surface area contributed by atoms with Gasteiger partial charge in [0, 0.05) is 21.8 Å². The molecular weight excluding hydrogens is 300 g/mol. The number of amides is 1. The van der Waals surface area contributed by atoms with Gasteiger partial charge in [0.1, 0.15) is 5.75 Å². The van der Waals surface area contributed by atoms with Gasteiger partial charge in [0.2, 0.25) is 0 Å². The molecule has 0 aliphatic carbocycles. The zero-order valence-corrected chi connectivity index (χ0v) is 12.6. The molecule has 1 heterocycles. The number of hydrogen-bond acceptors (Lipinski definition) is 3. The first-order chi connectivity index (χ1) is 10.5. The Bertz CT molecular complexity index is 860. The number of nitrogens with one attached hydrogen (secondary N) is 1. The molecule has 22 heavy (non-hydrogen) atoms. The number of aromatic hydroxyl groups is 1. The Labute approximate surface area is 132 Å². The highest BCUT2D eigenvalue weighted by Crippen LogP contribution is 2.28. The molecule has 1 aromatic heterocycles. The van der Waals surface area contributed by atoms with Crippen LogP contribution in [0.4, 0.5) is 5.69 Å². The lowest BCUT2D eigenvalue weighted by atomic mass is 10.1. The molecule has 3 rings (SSSR count). The van der Waals surface area contributed by atoms with Crippen molar-refractivity contribution in [1.82, 2.24) is 4.98 Å². The van der Waals surface area contributed by atoms with Crippen molar-refractivity contribution in [2.75, 3.05) is 5.32 Å². The molecule has 0 bridgehead atoms. The highest BCUT2D eigenvalue weighted by Gasteiger charge is 2.14. The topological polar surface area (TPSA) is 62.2 Å². The maximum atomic E-state index is 12.3. The Morgan fingerprint density at radius 1 is 1.09 bits per heavy atom. The average molecular weight is 313 g/mol. The molecule has 5 heteroatoms. The standard InChI is InChI=1S/C17H13ClN2O2/c1-10-2-7-13-15(19-10)9-8-14(16(13)21)17(22)20-12-5-3-11(18)4-6-12/h2-9,21H,1H3,(H,20,22). The quantitative estimate of drug-likeness (QED) is 0.747. The lowest BCUT2D eigenvalue weighted by Gasteiger charge is -2.09. The van der Waals surface area contributed by atoms with E-state index in [2.05, 4.69) is 10.3 Å². The van der Waals surface area contributed by atoms with Gasteiger partial charge < -0.3 is 10.4 Å². The van der Waals surface area contributed by atoms with Crippen molar-refractivity contribution < 1.29 is 9.90 Å². The summed E-state index contributed by atoms with van der Waals surface area (Å²) in [6.07, 6.45) is 0. The maximum absolute atomic E-state index is 12.3. The van der Waals surface area contributed by atoms with Gasteiger partial charge >= 0.3 is 0 Å². The number of aromatic nitrogens is 1. The SMILES string of the molecule is Cc1ccc2c(O)c(C(=O)Nc3ccc(Cl)cc3)ccc2n1.